The van der Waals surface area contributed by atoms with E-state index in [1.165, 1.54) is 0 Å². The van der Waals surface area contributed by atoms with Crippen LogP contribution in [0, 0.1) is 5.92 Å². The largest absolute Gasteiger partial charge is 0.368 e. The number of ether oxygens (including phenoxy) is 1. The molecular formula is C24H40N2O4S2. The summed E-state index contributed by atoms with van der Waals surface area (Å²) >= 11 is 0. The Labute approximate surface area is 206 Å². The van der Waals surface area contributed by atoms with E-state index in [1.54, 1.807) is 17.0 Å². The zero-order chi connectivity index (χ0) is 21.3. The SMILES string of the molecule is C.CC(C)C[C@H](NC(=O)c1ccc(C(C)(C)C)cc1)C(=O)N1CC[C@H]2OCC(=O)[C@H]21.S.S. The van der Waals surface area contributed by atoms with Crippen LogP contribution in [0.3, 0.4) is 0 Å². The number of hydrogen-bond donors (Lipinski definition) is 1. The summed E-state index contributed by atoms with van der Waals surface area (Å²) in [5.41, 5.74) is 1.68. The van der Waals surface area contributed by atoms with Gasteiger partial charge in [0, 0.05) is 12.1 Å². The van der Waals surface area contributed by atoms with Gasteiger partial charge in [-0.3, -0.25) is 14.4 Å². The lowest BCUT2D eigenvalue weighted by Crippen LogP contribution is -2.52. The zero-order valence-electron chi connectivity index (χ0n) is 19.0. The van der Waals surface area contributed by atoms with E-state index in [-0.39, 0.29) is 76.1 Å². The first kappa shape index (κ1) is 30.5. The summed E-state index contributed by atoms with van der Waals surface area (Å²) in [5, 5.41) is 2.91. The maximum absolute atomic E-state index is 13.2. The number of Topliss-reactive ketones (excluding diaryl/α,β-unsaturated/α-hetero) is 1. The number of hydrogen-bond acceptors (Lipinski definition) is 4. The molecule has 8 heteroatoms. The van der Waals surface area contributed by atoms with Gasteiger partial charge in [0.25, 0.3) is 5.91 Å². The summed E-state index contributed by atoms with van der Waals surface area (Å²) in [6.45, 7) is 11.0. The predicted octanol–water partition coefficient (Wildman–Crippen LogP) is 3.56. The van der Waals surface area contributed by atoms with Crippen molar-refractivity contribution in [3.8, 4) is 0 Å². The Bertz CT molecular complexity index is 790. The summed E-state index contributed by atoms with van der Waals surface area (Å²) in [4.78, 5) is 39.8. The van der Waals surface area contributed by atoms with E-state index in [4.69, 9.17) is 4.74 Å². The van der Waals surface area contributed by atoms with E-state index in [1.807, 2.05) is 26.0 Å². The van der Waals surface area contributed by atoms with Gasteiger partial charge in [-0.2, -0.15) is 27.0 Å². The van der Waals surface area contributed by atoms with Crippen molar-refractivity contribution in [3.05, 3.63) is 35.4 Å². The number of likely N-dealkylation sites (tertiary alicyclic amines) is 1. The predicted molar refractivity (Wildman–Crippen MR) is 138 cm³/mol. The highest BCUT2D eigenvalue weighted by Gasteiger charge is 2.48. The van der Waals surface area contributed by atoms with Crippen LogP contribution in [0.25, 0.3) is 0 Å². The molecule has 2 saturated heterocycles. The molecule has 0 aromatic heterocycles. The van der Waals surface area contributed by atoms with E-state index in [0.29, 0.717) is 24.9 Å². The first-order valence-electron chi connectivity index (χ1n) is 10.4. The van der Waals surface area contributed by atoms with Crippen LogP contribution < -0.4 is 5.32 Å². The van der Waals surface area contributed by atoms with Gasteiger partial charge in [0.2, 0.25) is 5.91 Å². The molecular weight excluding hydrogens is 444 g/mol. The molecule has 0 spiro atoms. The van der Waals surface area contributed by atoms with Crippen molar-refractivity contribution in [1.29, 1.82) is 0 Å². The van der Waals surface area contributed by atoms with Gasteiger partial charge < -0.3 is 15.0 Å². The molecule has 1 N–H and O–H groups in total. The first-order chi connectivity index (χ1) is 13.6. The van der Waals surface area contributed by atoms with Crippen LogP contribution in [-0.2, 0) is 19.7 Å². The molecule has 1 aromatic rings. The quantitative estimate of drug-likeness (QED) is 0.693. The number of carbonyl (C=O) groups excluding carboxylic acids is 3. The Kier molecular flexibility index (Phi) is 11.5. The molecule has 182 valence electrons. The van der Waals surface area contributed by atoms with E-state index in [9.17, 15) is 14.4 Å². The standard InChI is InChI=1S/C23H32N2O4.CH4.2H2S/c1-14(2)12-17(22(28)25-11-10-19-20(25)18(26)13-29-19)24-21(27)15-6-8-16(9-7-15)23(3,4)5;;;/h6-9,14,17,19-20H,10-13H2,1-5H3,(H,24,27);1H4;2*1H2/t17-,19+,20+;;;/m0.../s1. The van der Waals surface area contributed by atoms with Crippen molar-refractivity contribution in [1.82, 2.24) is 10.2 Å². The first-order valence-corrected chi connectivity index (χ1v) is 10.4. The Hall–Kier alpha value is -1.51. The van der Waals surface area contributed by atoms with Gasteiger partial charge in [-0.1, -0.05) is 54.2 Å². The van der Waals surface area contributed by atoms with Crippen LogP contribution in [0.2, 0.25) is 0 Å². The van der Waals surface area contributed by atoms with Crippen LogP contribution in [0.15, 0.2) is 24.3 Å². The summed E-state index contributed by atoms with van der Waals surface area (Å²) in [7, 11) is 0. The molecule has 3 atom stereocenters. The van der Waals surface area contributed by atoms with Gasteiger partial charge in [0.15, 0.2) is 5.78 Å². The molecule has 2 heterocycles. The maximum atomic E-state index is 13.2. The molecule has 1 aromatic carbocycles. The van der Waals surface area contributed by atoms with E-state index >= 15 is 0 Å². The molecule has 0 radical (unpaired) electrons. The van der Waals surface area contributed by atoms with Crippen molar-refractivity contribution in [3.63, 3.8) is 0 Å². The third kappa shape index (κ3) is 6.75. The number of amides is 2. The minimum Gasteiger partial charge on any atom is -0.368 e. The third-order valence-electron chi connectivity index (χ3n) is 5.72. The lowest BCUT2D eigenvalue weighted by atomic mass is 9.86. The minimum atomic E-state index is -0.656. The van der Waals surface area contributed by atoms with Crippen molar-refractivity contribution in [2.45, 2.75) is 78.5 Å². The van der Waals surface area contributed by atoms with Crippen LogP contribution in [0.4, 0.5) is 0 Å². The second kappa shape index (κ2) is 12.1. The number of rotatable bonds is 5. The van der Waals surface area contributed by atoms with Crippen LogP contribution in [-0.4, -0.2) is 53.8 Å². The van der Waals surface area contributed by atoms with E-state index in [2.05, 4.69) is 26.1 Å². The fourth-order valence-corrected chi connectivity index (χ4v) is 4.10. The smallest absolute Gasteiger partial charge is 0.251 e. The minimum absolute atomic E-state index is 0. The number of fused-ring (bicyclic) bond motifs is 1. The van der Waals surface area contributed by atoms with Crippen molar-refractivity contribution >= 4 is 44.6 Å². The Morgan fingerprint density at radius 2 is 1.75 bits per heavy atom. The molecule has 3 rings (SSSR count). The summed E-state index contributed by atoms with van der Waals surface area (Å²) in [5.74, 6) is -0.284. The zero-order valence-corrected chi connectivity index (χ0v) is 21.0. The fourth-order valence-electron chi connectivity index (χ4n) is 4.10. The van der Waals surface area contributed by atoms with Crippen LogP contribution >= 0.6 is 27.0 Å². The summed E-state index contributed by atoms with van der Waals surface area (Å²) in [6.07, 6.45) is 0.985. The second-order valence-corrected chi connectivity index (χ2v) is 9.56. The lowest BCUT2D eigenvalue weighted by molar-refractivity contribution is -0.138. The van der Waals surface area contributed by atoms with Crippen molar-refractivity contribution in [2.75, 3.05) is 13.2 Å². The molecule has 2 aliphatic rings. The maximum Gasteiger partial charge on any atom is 0.251 e. The molecule has 0 bridgehead atoms. The van der Waals surface area contributed by atoms with Gasteiger partial charge in [0.05, 0.1) is 6.10 Å². The number of carbonyl (C=O) groups is 3. The number of ketones is 1. The molecule has 2 fully saturated rings. The number of nitrogens with zero attached hydrogens (tertiary/aromatic N) is 1. The van der Waals surface area contributed by atoms with E-state index < -0.39 is 12.1 Å². The Morgan fingerprint density at radius 1 is 1.16 bits per heavy atom. The number of nitrogens with one attached hydrogen (secondary N) is 1. The highest BCUT2D eigenvalue weighted by molar-refractivity contribution is 7.59. The average molecular weight is 485 g/mol. The summed E-state index contributed by atoms with van der Waals surface area (Å²) in [6, 6.07) is 6.35. The summed E-state index contributed by atoms with van der Waals surface area (Å²) < 4.78 is 5.49. The molecule has 0 aliphatic carbocycles. The van der Waals surface area contributed by atoms with Crippen molar-refractivity contribution < 1.29 is 19.1 Å². The fraction of sp³-hybridized carbons (Fsp3) is 0.625. The third-order valence-corrected chi connectivity index (χ3v) is 5.72. The molecule has 2 amide bonds. The topological polar surface area (TPSA) is 75.7 Å². The van der Waals surface area contributed by atoms with Crippen molar-refractivity contribution in [2.24, 2.45) is 5.92 Å². The highest BCUT2D eigenvalue weighted by Crippen LogP contribution is 2.28. The van der Waals surface area contributed by atoms with Gasteiger partial charge in [-0.25, -0.2) is 0 Å². The molecule has 2 aliphatic heterocycles. The molecule has 6 nitrogen and oxygen atoms in total. The number of benzene rings is 1. The molecule has 0 unspecified atom stereocenters. The monoisotopic (exact) mass is 484 g/mol. The normalized spacial score (nSPS) is 20.6. The van der Waals surface area contributed by atoms with Gasteiger partial charge >= 0.3 is 0 Å². The molecule has 32 heavy (non-hydrogen) atoms. The molecule has 0 saturated carbocycles. The second-order valence-electron chi connectivity index (χ2n) is 9.56. The highest BCUT2D eigenvalue weighted by atomic mass is 32.1. The van der Waals surface area contributed by atoms with Gasteiger partial charge in [-0.15, -0.1) is 0 Å². The average Bonchev–Trinajstić information content (AvgIpc) is 3.23. The van der Waals surface area contributed by atoms with Gasteiger partial charge in [-0.05, 0) is 41.9 Å². The van der Waals surface area contributed by atoms with Crippen LogP contribution in [0.5, 0.6) is 0 Å². The van der Waals surface area contributed by atoms with Crippen LogP contribution in [0.1, 0.15) is 70.8 Å². The lowest BCUT2D eigenvalue weighted by Gasteiger charge is -2.28. The van der Waals surface area contributed by atoms with E-state index in [0.717, 1.165) is 5.56 Å². The van der Waals surface area contributed by atoms with Gasteiger partial charge in [0.1, 0.15) is 18.7 Å². The Balaban J connectivity index is 0.00000320. The Morgan fingerprint density at radius 3 is 2.28 bits per heavy atom.